The van der Waals surface area contributed by atoms with Crippen LogP contribution >= 0.6 is 15.9 Å². The van der Waals surface area contributed by atoms with Crippen molar-refractivity contribution in [3.8, 4) is 0 Å². The highest BCUT2D eigenvalue weighted by Gasteiger charge is 2.16. The minimum Gasteiger partial charge on any atom is -0.366 e. The molecular weight excluding hydrogens is 335 g/mol. The Hall–Kier alpha value is -2.14. The van der Waals surface area contributed by atoms with Gasteiger partial charge in [0.1, 0.15) is 5.82 Å². The molecule has 0 fully saturated rings. The number of primary amides is 1. The maximum absolute atomic E-state index is 14.0. The van der Waals surface area contributed by atoms with Crippen molar-refractivity contribution in [3.05, 3.63) is 75.8 Å². The topological polar surface area (TPSA) is 47.5 Å². The molecule has 0 aliphatic carbocycles. The third-order valence-corrected chi connectivity index (χ3v) is 3.91. The summed E-state index contributed by atoms with van der Waals surface area (Å²) in [5.41, 5.74) is 7.68. The van der Waals surface area contributed by atoms with Gasteiger partial charge in [-0.15, -0.1) is 0 Å². The van der Waals surface area contributed by atoms with Gasteiger partial charge >= 0.3 is 0 Å². The molecule has 1 amide bonds. The average Bonchev–Trinajstić information content (AvgIpc) is 2.82. The van der Waals surface area contributed by atoms with E-state index in [9.17, 15) is 9.18 Å². The fourth-order valence-corrected chi connectivity index (χ4v) is 2.68. The minimum absolute atomic E-state index is 0.209. The zero-order chi connectivity index (χ0) is 15.0. The third-order valence-electron chi connectivity index (χ3n) is 3.38. The Labute approximate surface area is 129 Å². The van der Waals surface area contributed by atoms with E-state index < -0.39 is 11.7 Å². The molecule has 2 heterocycles. The molecule has 5 heteroatoms. The summed E-state index contributed by atoms with van der Waals surface area (Å²) in [5.74, 6) is -1.08. The van der Waals surface area contributed by atoms with Crippen LogP contribution in [0.3, 0.4) is 0 Å². The second-order valence-electron chi connectivity index (χ2n) is 4.79. The molecule has 0 atom stereocenters. The number of carbonyl (C=O) groups is 1. The summed E-state index contributed by atoms with van der Waals surface area (Å²) >= 11 is 3.39. The standard InChI is InChI=1S/C16H12BrFN2O/c17-11-5-3-10(4-6-11)8-12-9-13(16(19)21)15-14(18)2-1-7-20(12)15/h1-7,9H,8H2,(H2,19,21). The molecule has 21 heavy (non-hydrogen) atoms. The summed E-state index contributed by atoms with van der Waals surface area (Å²) in [6.45, 7) is 0. The number of nitrogens with zero attached hydrogens (tertiary/aromatic N) is 1. The number of benzene rings is 1. The molecule has 0 bridgehead atoms. The highest BCUT2D eigenvalue weighted by atomic mass is 79.9. The lowest BCUT2D eigenvalue weighted by molar-refractivity contribution is 0.100. The number of carbonyl (C=O) groups excluding carboxylic acids is 1. The number of hydrogen-bond donors (Lipinski definition) is 1. The van der Waals surface area contributed by atoms with Crippen molar-refractivity contribution in [3.63, 3.8) is 0 Å². The second-order valence-corrected chi connectivity index (χ2v) is 5.71. The normalized spacial score (nSPS) is 11.0. The Morgan fingerprint density at radius 2 is 1.95 bits per heavy atom. The predicted octanol–water partition coefficient (Wildman–Crippen LogP) is 3.53. The maximum Gasteiger partial charge on any atom is 0.251 e. The number of halogens is 2. The lowest BCUT2D eigenvalue weighted by Gasteiger charge is -2.04. The summed E-state index contributed by atoms with van der Waals surface area (Å²) in [6.07, 6.45) is 2.32. The summed E-state index contributed by atoms with van der Waals surface area (Å²) in [5, 5.41) is 0. The van der Waals surface area contributed by atoms with Gasteiger partial charge in [0.2, 0.25) is 0 Å². The van der Waals surface area contributed by atoms with E-state index in [0.717, 1.165) is 15.7 Å². The van der Waals surface area contributed by atoms with Crippen molar-refractivity contribution >= 4 is 27.4 Å². The lowest BCUT2D eigenvalue weighted by Crippen LogP contribution is -2.10. The first-order valence-corrected chi connectivity index (χ1v) is 7.18. The molecule has 1 aromatic carbocycles. The van der Waals surface area contributed by atoms with E-state index >= 15 is 0 Å². The van der Waals surface area contributed by atoms with Gasteiger partial charge in [0.05, 0.1) is 11.1 Å². The molecule has 106 valence electrons. The van der Waals surface area contributed by atoms with Gasteiger partial charge in [-0.2, -0.15) is 0 Å². The minimum atomic E-state index is -0.625. The first-order valence-electron chi connectivity index (χ1n) is 6.39. The van der Waals surface area contributed by atoms with E-state index in [1.165, 1.54) is 6.07 Å². The summed E-state index contributed by atoms with van der Waals surface area (Å²) < 4.78 is 16.7. The van der Waals surface area contributed by atoms with Crippen molar-refractivity contribution in [1.29, 1.82) is 0 Å². The van der Waals surface area contributed by atoms with Crippen LogP contribution in [0, 0.1) is 5.82 Å². The highest BCUT2D eigenvalue weighted by molar-refractivity contribution is 9.10. The fourth-order valence-electron chi connectivity index (χ4n) is 2.42. The molecule has 2 N–H and O–H groups in total. The SMILES string of the molecule is NC(=O)c1cc(Cc2ccc(Br)cc2)n2cccc(F)c12. The summed E-state index contributed by atoms with van der Waals surface area (Å²) in [6, 6.07) is 12.4. The number of aromatic nitrogens is 1. The Kier molecular flexibility index (Phi) is 3.51. The van der Waals surface area contributed by atoms with E-state index in [2.05, 4.69) is 15.9 Å². The molecule has 0 unspecified atom stereocenters. The molecule has 0 aliphatic heterocycles. The van der Waals surface area contributed by atoms with E-state index in [0.29, 0.717) is 6.42 Å². The Morgan fingerprint density at radius 3 is 2.62 bits per heavy atom. The van der Waals surface area contributed by atoms with Crippen LogP contribution in [0.1, 0.15) is 21.6 Å². The molecule has 3 rings (SSSR count). The smallest absolute Gasteiger partial charge is 0.251 e. The van der Waals surface area contributed by atoms with Gasteiger partial charge in [-0.25, -0.2) is 4.39 Å². The van der Waals surface area contributed by atoms with Crippen LogP contribution in [-0.4, -0.2) is 10.3 Å². The zero-order valence-corrected chi connectivity index (χ0v) is 12.6. The first kappa shape index (κ1) is 13.8. The van der Waals surface area contributed by atoms with Crippen molar-refractivity contribution < 1.29 is 9.18 Å². The van der Waals surface area contributed by atoms with Gasteiger partial charge in [0.25, 0.3) is 5.91 Å². The predicted molar refractivity (Wildman–Crippen MR) is 82.8 cm³/mol. The van der Waals surface area contributed by atoms with Crippen molar-refractivity contribution in [2.24, 2.45) is 5.73 Å². The molecule has 3 nitrogen and oxygen atoms in total. The van der Waals surface area contributed by atoms with Crippen molar-refractivity contribution in [2.75, 3.05) is 0 Å². The molecule has 3 aromatic rings. The highest BCUT2D eigenvalue weighted by Crippen LogP contribution is 2.22. The molecule has 0 saturated carbocycles. The summed E-state index contributed by atoms with van der Waals surface area (Å²) in [7, 11) is 0. The van der Waals surface area contributed by atoms with Crippen LogP contribution < -0.4 is 5.73 Å². The average molecular weight is 347 g/mol. The van der Waals surface area contributed by atoms with Crippen LogP contribution in [0.15, 0.2) is 53.1 Å². The third kappa shape index (κ3) is 2.56. The van der Waals surface area contributed by atoms with Crippen molar-refractivity contribution in [1.82, 2.24) is 4.40 Å². The van der Waals surface area contributed by atoms with Gasteiger partial charge in [-0.1, -0.05) is 28.1 Å². The van der Waals surface area contributed by atoms with E-state index in [4.69, 9.17) is 5.73 Å². The first-order chi connectivity index (χ1) is 10.1. The Bertz CT molecular complexity index is 824. The van der Waals surface area contributed by atoms with Crippen LogP contribution in [0.4, 0.5) is 4.39 Å². The van der Waals surface area contributed by atoms with Crippen LogP contribution in [-0.2, 0) is 6.42 Å². The quantitative estimate of drug-likeness (QED) is 0.774. The van der Waals surface area contributed by atoms with E-state index in [1.807, 2.05) is 24.3 Å². The van der Waals surface area contributed by atoms with Gasteiger partial charge in [0, 0.05) is 22.8 Å². The van der Waals surface area contributed by atoms with E-state index in [-0.39, 0.29) is 11.1 Å². The number of pyridine rings is 1. The number of amides is 1. The summed E-state index contributed by atoms with van der Waals surface area (Å²) in [4.78, 5) is 11.5. The molecule has 0 spiro atoms. The molecule has 0 aliphatic rings. The fraction of sp³-hybridized carbons (Fsp3) is 0.0625. The maximum atomic E-state index is 14.0. The van der Waals surface area contributed by atoms with Crippen LogP contribution in [0.2, 0.25) is 0 Å². The van der Waals surface area contributed by atoms with Crippen molar-refractivity contribution in [2.45, 2.75) is 6.42 Å². The van der Waals surface area contributed by atoms with E-state index in [1.54, 1.807) is 22.7 Å². The van der Waals surface area contributed by atoms with Gasteiger partial charge in [-0.05, 0) is 35.9 Å². The molecular formula is C16H12BrFN2O. The number of hydrogen-bond acceptors (Lipinski definition) is 1. The van der Waals surface area contributed by atoms with Crippen LogP contribution in [0.25, 0.3) is 5.52 Å². The molecule has 0 radical (unpaired) electrons. The number of fused-ring (bicyclic) bond motifs is 1. The molecule has 0 saturated heterocycles. The monoisotopic (exact) mass is 346 g/mol. The van der Waals surface area contributed by atoms with Crippen LogP contribution in [0.5, 0.6) is 0 Å². The number of nitrogens with two attached hydrogens (primary N) is 1. The Balaban J connectivity index is 2.12. The lowest BCUT2D eigenvalue weighted by atomic mass is 10.1. The molecule has 2 aromatic heterocycles. The second kappa shape index (κ2) is 5.33. The largest absolute Gasteiger partial charge is 0.366 e. The van der Waals surface area contributed by atoms with Gasteiger partial charge in [0.15, 0.2) is 0 Å². The van der Waals surface area contributed by atoms with Gasteiger partial charge in [-0.3, -0.25) is 4.79 Å². The van der Waals surface area contributed by atoms with Gasteiger partial charge < -0.3 is 10.1 Å². The Morgan fingerprint density at radius 1 is 1.24 bits per heavy atom. The number of rotatable bonds is 3. The zero-order valence-electron chi connectivity index (χ0n) is 11.0.